The zero-order valence-electron chi connectivity index (χ0n) is 11.2. The molecule has 0 unspecified atom stereocenters. The molecule has 2 rings (SSSR count). The molecule has 2 aromatic heterocycles. The number of rotatable bonds is 6. The van der Waals surface area contributed by atoms with Gasteiger partial charge in [0, 0.05) is 13.2 Å². The number of hydrogen-bond acceptors (Lipinski definition) is 4. The minimum Gasteiger partial charge on any atom is -0.310 e. The number of aryl methyl sites for hydroxylation is 1. The monoisotopic (exact) mass is 248 g/mol. The largest absolute Gasteiger partial charge is 0.310 e. The first-order valence-corrected chi connectivity index (χ1v) is 6.21. The van der Waals surface area contributed by atoms with Crippen LogP contribution < -0.4 is 5.32 Å². The van der Waals surface area contributed by atoms with E-state index in [0.29, 0.717) is 19.0 Å². The normalized spacial score (nSPS) is 11.3. The van der Waals surface area contributed by atoms with Crippen LogP contribution in [0, 0.1) is 5.92 Å². The van der Waals surface area contributed by atoms with Gasteiger partial charge in [0.1, 0.15) is 6.33 Å². The number of nitrogens with zero attached hydrogens (tertiary/aromatic N) is 5. The van der Waals surface area contributed by atoms with Crippen molar-refractivity contribution < 1.29 is 0 Å². The average molecular weight is 248 g/mol. The Kier molecular flexibility index (Phi) is 4.09. The standard InChI is InChI=1S/C12H20N6/c1-10(2)6-13-7-12-14-9-18(16-12)8-11-4-5-17(3)15-11/h4-5,9-10,13H,6-8H2,1-3H3. The van der Waals surface area contributed by atoms with Crippen molar-refractivity contribution in [2.45, 2.75) is 26.9 Å². The molecule has 0 aliphatic rings. The number of aromatic nitrogens is 5. The zero-order valence-corrected chi connectivity index (χ0v) is 11.2. The summed E-state index contributed by atoms with van der Waals surface area (Å²) in [5.41, 5.74) is 0.990. The summed E-state index contributed by atoms with van der Waals surface area (Å²) in [4.78, 5) is 4.27. The Balaban J connectivity index is 1.86. The second-order valence-electron chi connectivity index (χ2n) is 4.86. The maximum atomic E-state index is 4.41. The minimum absolute atomic E-state index is 0.639. The lowest BCUT2D eigenvalue weighted by atomic mass is 10.2. The van der Waals surface area contributed by atoms with Gasteiger partial charge in [0.15, 0.2) is 5.82 Å². The van der Waals surface area contributed by atoms with Crippen LogP contribution in [0.15, 0.2) is 18.6 Å². The molecule has 0 saturated carbocycles. The molecule has 0 saturated heterocycles. The van der Waals surface area contributed by atoms with E-state index in [0.717, 1.165) is 18.1 Å². The molecular formula is C12H20N6. The smallest absolute Gasteiger partial charge is 0.164 e. The van der Waals surface area contributed by atoms with Crippen molar-refractivity contribution in [2.75, 3.05) is 6.54 Å². The predicted molar refractivity (Wildman–Crippen MR) is 68.9 cm³/mol. The van der Waals surface area contributed by atoms with E-state index in [9.17, 15) is 0 Å². The first kappa shape index (κ1) is 12.8. The Bertz CT molecular complexity index is 484. The van der Waals surface area contributed by atoms with Crippen LogP contribution in [-0.4, -0.2) is 31.1 Å². The fourth-order valence-corrected chi connectivity index (χ4v) is 1.68. The van der Waals surface area contributed by atoms with Gasteiger partial charge in [-0.05, 0) is 18.5 Å². The molecule has 0 atom stereocenters. The van der Waals surface area contributed by atoms with E-state index in [1.807, 2.05) is 24.0 Å². The molecule has 0 aromatic carbocycles. The molecule has 6 heteroatoms. The van der Waals surface area contributed by atoms with Gasteiger partial charge in [-0.15, -0.1) is 0 Å². The highest BCUT2D eigenvalue weighted by Crippen LogP contribution is 1.98. The molecule has 18 heavy (non-hydrogen) atoms. The van der Waals surface area contributed by atoms with Crippen LogP contribution in [-0.2, 0) is 20.1 Å². The molecule has 0 aliphatic carbocycles. The van der Waals surface area contributed by atoms with Gasteiger partial charge in [-0.25, -0.2) is 9.67 Å². The highest BCUT2D eigenvalue weighted by molar-refractivity contribution is 4.99. The highest BCUT2D eigenvalue weighted by atomic mass is 15.3. The molecule has 0 aliphatic heterocycles. The van der Waals surface area contributed by atoms with E-state index in [-0.39, 0.29) is 0 Å². The molecule has 2 heterocycles. The van der Waals surface area contributed by atoms with Gasteiger partial charge in [-0.2, -0.15) is 10.2 Å². The van der Waals surface area contributed by atoms with Crippen molar-refractivity contribution in [1.29, 1.82) is 0 Å². The van der Waals surface area contributed by atoms with Crippen molar-refractivity contribution >= 4 is 0 Å². The summed E-state index contributed by atoms with van der Waals surface area (Å²) in [5.74, 6) is 1.46. The van der Waals surface area contributed by atoms with Gasteiger partial charge in [0.05, 0.1) is 18.8 Å². The summed E-state index contributed by atoms with van der Waals surface area (Å²) in [7, 11) is 1.91. The maximum absolute atomic E-state index is 4.41. The summed E-state index contributed by atoms with van der Waals surface area (Å²) in [5, 5.41) is 12.0. The predicted octanol–water partition coefficient (Wildman–Crippen LogP) is 0.805. The molecule has 1 N–H and O–H groups in total. The minimum atomic E-state index is 0.639. The maximum Gasteiger partial charge on any atom is 0.164 e. The van der Waals surface area contributed by atoms with Crippen LogP contribution >= 0.6 is 0 Å². The first-order valence-electron chi connectivity index (χ1n) is 6.21. The lowest BCUT2D eigenvalue weighted by Gasteiger charge is -2.04. The average Bonchev–Trinajstić information content (AvgIpc) is 2.89. The molecular weight excluding hydrogens is 228 g/mol. The van der Waals surface area contributed by atoms with E-state index < -0.39 is 0 Å². The lowest BCUT2D eigenvalue weighted by Crippen LogP contribution is -2.19. The Labute approximate surface area is 107 Å². The van der Waals surface area contributed by atoms with Crippen LogP contribution in [0.5, 0.6) is 0 Å². The summed E-state index contributed by atoms with van der Waals surface area (Å²) in [6, 6.07) is 1.98. The Morgan fingerprint density at radius 1 is 1.33 bits per heavy atom. The Morgan fingerprint density at radius 2 is 2.17 bits per heavy atom. The summed E-state index contributed by atoms with van der Waals surface area (Å²) >= 11 is 0. The number of nitrogens with one attached hydrogen (secondary N) is 1. The van der Waals surface area contributed by atoms with Crippen molar-refractivity contribution in [2.24, 2.45) is 13.0 Å². The van der Waals surface area contributed by atoms with Crippen LogP contribution in [0.3, 0.4) is 0 Å². The topological polar surface area (TPSA) is 60.6 Å². The number of hydrogen-bond donors (Lipinski definition) is 1. The quantitative estimate of drug-likeness (QED) is 0.821. The fourth-order valence-electron chi connectivity index (χ4n) is 1.68. The first-order chi connectivity index (χ1) is 8.63. The SMILES string of the molecule is CC(C)CNCc1ncn(Cc2ccn(C)n2)n1. The van der Waals surface area contributed by atoms with Crippen molar-refractivity contribution in [1.82, 2.24) is 29.9 Å². The molecule has 0 amide bonds. The molecule has 0 bridgehead atoms. The van der Waals surface area contributed by atoms with Gasteiger partial charge < -0.3 is 5.32 Å². The van der Waals surface area contributed by atoms with E-state index in [4.69, 9.17) is 0 Å². The third-order valence-corrected chi connectivity index (χ3v) is 2.51. The summed E-state index contributed by atoms with van der Waals surface area (Å²) in [6.45, 7) is 6.72. The van der Waals surface area contributed by atoms with E-state index in [1.54, 1.807) is 11.0 Å². The molecule has 98 valence electrons. The van der Waals surface area contributed by atoms with E-state index in [1.165, 1.54) is 0 Å². The Morgan fingerprint density at radius 3 is 2.83 bits per heavy atom. The van der Waals surface area contributed by atoms with Crippen molar-refractivity contribution in [3.63, 3.8) is 0 Å². The molecule has 0 spiro atoms. The third-order valence-electron chi connectivity index (χ3n) is 2.51. The Hall–Kier alpha value is -1.69. The zero-order chi connectivity index (χ0) is 13.0. The van der Waals surface area contributed by atoms with Crippen LogP contribution in [0.4, 0.5) is 0 Å². The summed E-state index contributed by atoms with van der Waals surface area (Å²) < 4.78 is 3.60. The van der Waals surface area contributed by atoms with Gasteiger partial charge in [-0.1, -0.05) is 13.8 Å². The van der Waals surface area contributed by atoms with Gasteiger partial charge >= 0.3 is 0 Å². The van der Waals surface area contributed by atoms with Gasteiger partial charge in [0.2, 0.25) is 0 Å². The third kappa shape index (κ3) is 3.66. The van der Waals surface area contributed by atoms with Crippen LogP contribution in [0.25, 0.3) is 0 Å². The van der Waals surface area contributed by atoms with Gasteiger partial charge in [0.25, 0.3) is 0 Å². The molecule has 0 radical (unpaired) electrons. The lowest BCUT2D eigenvalue weighted by molar-refractivity contribution is 0.539. The summed E-state index contributed by atoms with van der Waals surface area (Å²) in [6.07, 6.45) is 3.68. The van der Waals surface area contributed by atoms with E-state index >= 15 is 0 Å². The van der Waals surface area contributed by atoms with Crippen LogP contribution in [0.2, 0.25) is 0 Å². The van der Waals surface area contributed by atoms with E-state index in [2.05, 4.69) is 34.3 Å². The fraction of sp³-hybridized carbons (Fsp3) is 0.583. The molecule has 6 nitrogen and oxygen atoms in total. The molecule has 0 fully saturated rings. The van der Waals surface area contributed by atoms with Gasteiger partial charge in [-0.3, -0.25) is 4.68 Å². The highest BCUT2D eigenvalue weighted by Gasteiger charge is 2.03. The van der Waals surface area contributed by atoms with Crippen molar-refractivity contribution in [3.05, 3.63) is 30.1 Å². The second-order valence-corrected chi connectivity index (χ2v) is 4.86. The van der Waals surface area contributed by atoms with Crippen LogP contribution in [0.1, 0.15) is 25.4 Å². The second kappa shape index (κ2) is 5.77. The molecule has 2 aromatic rings. The van der Waals surface area contributed by atoms with Crippen molar-refractivity contribution in [3.8, 4) is 0 Å².